The van der Waals surface area contributed by atoms with E-state index in [0.29, 0.717) is 21.0 Å². The summed E-state index contributed by atoms with van der Waals surface area (Å²) >= 11 is 7.39. The van der Waals surface area contributed by atoms with E-state index in [0.717, 1.165) is 41.2 Å². The first-order chi connectivity index (χ1) is 15.8. The molecule has 0 atom stereocenters. The molecule has 0 aliphatic carbocycles. The Kier molecular flexibility index (Phi) is 9.22. The largest absolute Gasteiger partial charge is 1.00 e. The van der Waals surface area contributed by atoms with Gasteiger partial charge in [-0.25, -0.2) is 13.4 Å². The molecule has 11 heteroatoms. The molecule has 34 heavy (non-hydrogen) atoms. The zero-order chi connectivity index (χ0) is 23.4. The van der Waals surface area contributed by atoms with Crippen molar-refractivity contribution in [2.24, 2.45) is 10.2 Å². The Hall–Kier alpha value is -1.85. The summed E-state index contributed by atoms with van der Waals surface area (Å²) in [5, 5.41) is 13.2. The van der Waals surface area contributed by atoms with Gasteiger partial charge >= 0.3 is 29.6 Å². The van der Waals surface area contributed by atoms with Gasteiger partial charge in [0.05, 0.1) is 20.8 Å². The number of aryl methyl sites for hydroxylation is 2. The molecule has 1 aromatic heterocycles. The van der Waals surface area contributed by atoms with Crippen LogP contribution in [0.3, 0.4) is 0 Å². The predicted octanol–water partition coefficient (Wildman–Crippen LogP) is 3.63. The van der Waals surface area contributed by atoms with Crippen molar-refractivity contribution in [2.45, 2.75) is 24.7 Å². The van der Waals surface area contributed by atoms with E-state index in [1.807, 2.05) is 49.4 Å². The molecule has 1 N–H and O–H groups in total. The number of azo groups is 1. The third-order valence-corrected chi connectivity index (χ3v) is 7.03. The fraction of sp³-hybridized carbons (Fsp3) is 0.174. The average molecular weight is 523 g/mol. The summed E-state index contributed by atoms with van der Waals surface area (Å²) < 4.78 is 34.3. The van der Waals surface area contributed by atoms with Gasteiger partial charge in [0.25, 0.3) is 0 Å². The molecule has 0 amide bonds. The maximum atomic E-state index is 11.2. The fourth-order valence-corrected chi connectivity index (χ4v) is 4.89. The number of anilines is 1. The maximum Gasteiger partial charge on any atom is 1.00 e. The first-order valence-electron chi connectivity index (χ1n) is 10.2. The summed E-state index contributed by atoms with van der Waals surface area (Å²) in [5.41, 5.74) is 4.25. The molecule has 7 nitrogen and oxygen atoms in total. The van der Waals surface area contributed by atoms with Crippen molar-refractivity contribution in [1.29, 1.82) is 0 Å². The number of hydrogen-bond donors (Lipinski definition) is 1. The molecule has 0 bridgehead atoms. The number of rotatable bonds is 8. The minimum atomic E-state index is -4.52. The second-order valence-electron chi connectivity index (χ2n) is 7.42. The van der Waals surface area contributed by atoms with Crippen molar-refractivity contribution in [3.8, 4) is 0 Å². The zero-order valence-corrected chi connectivity index (χ0v) is 23.0. The first kappa shape index (κ1) is 26.7. The third-order valence-electron chi connectivity index (χ3n) is 4.93. The molecule has 0 radical (unpaired) electrons. The van der Waals surface area contributed by atoms with Gasteiger partial charge in [-0.05, 0) is 67.3 Å². The van der Waals surface area contributed by atoms with Crippen molar-refractivity contribution in [2.75, 3.05) is 11.9 Å². The zero-order valence-electron chi connectivity index (χ0n) is 18.7. The van der Waals surface area contributed by atoms with E-state index in [2.05, 4.69) is 20.5 Å². The van der Waals surface area contributed by atoms with Crippen molar-refractivity contribution in [1.82, 2.24) is 4.98 Å². The number of benzene rings is 3. The van der Waals surface area contributed by atoms with Crippen LogP contribution < -0.4 is 34.9 Å². The van der Waals surface area contributed by atoms with E-state index in [9.17, 15) is 13.0 Å². The van der Waals surface area contributed by atoms with Crippen molar-refractivity contribution in [3.63, 3.8) is 0 Å². The van der Waals surface area contributed by atoms with E-state index in [4.69, 9.17) is 11.6 Å². The smallest absolute Gasteiger partial charge is 0.744 e. The number of hydrogen-bond acceptors (Lipinski definition) is 8. The van der Waals surface area contributed by atoms with Gasteiger partial charge in [-0.3, -0.25) is 0 Å². The van der Waals surface area contributed by atoms with Crippen LogP contribution in [-0.2, 0) is 16.5 Å². The average Bonchev–Trinajstić information content (AvgIpc) is 3.19. The van der Waals surface area contributed by atoms with Crippen LogP contribution in [-0.4, -0.2) is 24.5 Å². The molecule has 0 aliphatic heterocycles. The molecular formula is C23H20ClN4NaO3S2. The standard InChI is InChI=1S/C23H21ClN4O3S2.Na/c1-15-8-10-19(25-12-4-6-16-5-2-3-7-18(16)24)21(13-15)27-28-23-26-20-11-9-17(33(29,30)31)14-22(20)32-23;/h2-3,5,7-11,13-14,25H,4,6,12H2,1H3,(H,29,30,31);/q;+1/p-1. The van der Waals surface area contributed by atoms with Crippen LogP contribution >= 0.6 is 22.9 Å². The van der Waals surface area contributed by atoms with Gasteiger partial charge in [0.1, 0.15) is 15.8 Å². The van der Waals surface area contributed by atoms with Crippen LogP contribution in [0, 0.1) is 6.92 Å². The van der Waals surface area contributed by atoms with Crippen molar-refractivity contribution >= 4 is 59.8 Å². The van der Waals surface area contributed by atoms with Crippen LogP contribution in [0.4, 0.5) is 16.5 Å². The van der Waals surface area contributed by atoms with Gasteiger partial charge in [-0.2, -0.15) is 0 Å². The van der Waals surface area contributed by atoms with E-state index in [1.165, 1.54) is 29.5 Å². The normalized spacial score (nSPS) is 11.6. The van der Waals surface area contributed by atoms with Gasteiger partial charge in [0, 0.05) is 11.6 Å². The molecule has 0 spiro atoms. The van der Waals surface area contributed by atoms with Crippen LogP contribution in [0.15, 0.2) is 75.8 Å². The minimum absolute atomic E-state index is 0. The number of halogens is 1. The Balaban J connectivity index is 0.00000324. The summed E-state index contributed by atoms with van der Waals surface area (Å²) in [7, 11) is -4.52. The van der Waals surface area contributed by atoms with E-state index < -0.39 is 10.1 Å². The molecule has 0 saturated carbocycles. The third kappa shape index (κ3) is 6.85. The van der Waals surface area contributed by atoms with Gasteiger partial charge < -0.3 is 9.87 Å². The van der Waals surface area contributed by atoms with Gasteiger partial charge in [-0.1, -0.05) is 47.2 Å². The van der Waals surface area contributed by atoms with Crippen LogP contribution in [0.25, 0.3) is 10.2 Å². The molecule has 0 fully saturated rings. The minimum Gasteiger partial charge on any atom is -0.744 e. The van der Waals surface area contributed by atoms with Gasteiger partial charge in [-0.15, -0.1) is 10.2 Å². The fourth-order valence-electron chi connectivity index (χ4n) is 3.26. The molecule has 0 unspecified atom stereocenters. The van der Waals surface area contributed by atoms with Gasteiger partial charge in [0.2, 0.25) is 5.13 Å². The Morgan fingerprint density at radius 1 is 1.09 bits per heavy atom. The molecule has 4 rings (SSSR count). The molecule has 170 valence electrons. The Bertz CT molecular complexity index is 1440. The second kappa shape index (κ2) is 11.7. The molecule has 3 aromatic carbocycles. The topological polar surface area (TPSA) is 107 Å². The quantitative estimate of drug-likeness (QED) is 0.165. The van der Waals surface area contributed by atoms with Crippen LogP contribution in [0.5, 0.6) is 0 Å². The molecule has 4 aromatic rings. The van der Waals surface area contributed by atoms with E-state index in [1.54, 1.807) is 0 Å². The van der Waals surface area contributed by atoms with Crippen molar-refractivity contribution in [3.05, 3.63) is 76.8 Å². The molecule has 0 saturated heterocycles. The van der Waals surface area contributed by atoms with Gasteiger partial charge in [0.15, 0.2) is 0 Å². The number of fused-ring (bicyclic) bond motifs is 1. The maximum absolute atomic E-state index is 11.2. The van der Waals surface area contributed by atoms with Crippen LogP contribution in [0.2, 0.25) is 5.02 Å². The summed E-state index contributed by atoms with van der Waals surface area (Å²) in [4.78, 5) is 4.06. The number of aromatic nitrogens is 1. The summed E-state index contributed by atoms with van der Waals surface area (Å²) in [6.07, 6.45) is 1.76. The molecule has 1 heterocycles. The summed E-state index contributed by atoms with van der Waals surface area (Å²) in [6.45, 7) is 2.72. The first-order valence-corrected chi connectivity index (χ1v) is 12.8. The summed E-state index contributed by atoms with van der Waals surface area (Å²) in [6, 6.07) is 17.8. The predicted molar refractivity (Wildman–Crippen MR) is 131 cm³/mol. The second-order valence-corrected chi connectivity index (χ2v) is 10.2. The molecule has 0 aliphatic rings. The monoisotopic (exact) mass is 522 g/mol. The molecular weight excluding hydrogens is 503 g/mol. The van der Waals surface area contributed by atoms with E-state index >= 15 is 0 Å². The number of thiazole rings is 1. The SMILES string of the molecule is Cc1ccc(NCCCc2ccccc2Cl)c(N=Nc2nc3ccc(S(=O)(=O)[O-])cc3s2)c1.[Na+]. The van der Waals surface area contributed by atoms with E-state index in [-0.39, 0.29) is 34.5 Å². The number of nitrogens with one attached hydrogen (secondary N) is 1. The summed E-state index contributed by atoms with van der Waals surface area (Å²) in [5.74, 6) is 0. The number of nitrogens with zero attached hydrogens (tertiary/aromatic N) is 3. The Morgan fingerprint density at radius 2 is 1.88 bits per heavy atom. The Labute approximate surface area is 229 Å². The van der Waals surface area contributed by atoms with Crippen molar-refractivity contribution < 1.29 is 42.5 Å². The van der Waals surface area contributed by atoms with Crippen LogP contribution in [0.1, 0.15) is 17.5 Å². The Morgan fingerprint density at radius 3 is 2.65 bits per heavy atom.